The summed E-state index contributed by atoms with van der Waals surface area (Å²) in [6, 6.07) is 24.6. The Bertz CT molecular complexity index is 1910. The fraction of sp³-hybridized carbons (Fsp3) is 0.261. The normalized spacial score (nSPS) is 10.4. The van der Waals surface area contributed by atoms with Crippen molar-refractivity contribution in [3.8, 4) is 23.0 Å². The van der Waals surface area contributed by atoms with E-state index >= 15 is 0 Å². The van der Waals surface area contributed by atoms with E-state index in [9.17, 15) is 28.8 Å². The predicted molar refractivity (Wildman–Crippen MR) is 219 cm³/mol. The molecule has 4 rings (SSSR count). The molecule has 0 aliphatic rings. The molecule has 4 aromatic carbocycles. The van der Waals surface area contributed by atoms with Gasteiger partial charge in [-0.05, 0) is 123 Å². The van der Waals surface area contributed by atoms with E-state index < -0.39 is 35.8 Å². The number of hydrogen-bond acceptors (Lipinski definition) is 15. The highest BCUT2D eigenvalue weighted by molar-refractivity contribution is 5.93. The molecule has 0 fully saturated rings. The van der Waals surface area contributed by atoms with Gasteiger partial charge in [0.1, 0.15) is 36.2 Å². The van der Waals surface area contributed by atoms with Crippen LogP contribution in [-0.4, -0.2) is 88.7 Å². The highest BCUT2D eigenvalue weighted by Crippen LogP contribution is 2.19. The molecular formula is C46H46O15. The second-order valence-electron chi connectivity index (χ2n) is 12.6. The summed E-state index contributed by atoms with van der Waals surface area (Å²) < 4.78 is 47.7. The van der Waals surface area contributed by atoms with Crippen LogP contribution in [0.1, 0.15) is 67.1 Å². The van der Waals surface area contributed by atoms with Gasteiger partial charge in [0, 0.05) is 12.2 Å². The van der Waals surface area contributed by atoms with Gasteiger partial charge in [-0.3, -0.25) is 0 Å². The minimum Gasteiger partial charge on any atom is -0.494 e. The Morgan fingerprint density at radius 3 is 1.02 bits per heavy atom. The quantitative estimate of drug-likeness (QED) is 0.0208. The molecule has 15 nitrogen and oxygen atoms in total. The molecule has 0 spiro atoms. The summed E-state index contributed by atoms with van der Waals surface area (Å²) in [5.41, 5.74) is 1.09. The predicted octanol–water partition coefficient (Wildman–Crippen LogP) is 6.93. The Kier molecular flexibility index (Phi) is 19.8. The fourth-order valence-electron chi connectivity index (χ4n) is 4.93. The topological polar surface area (TPSA) is 185 Å². The SMILES string of the molecule is C=CC(=O)OCCCCOc1ccc(C(=O)Oc2ccc(C(=O)OCCOCCOC(=O)c3ccc(OC(=O)c4ccc(OCCCCOC(=O)C=C)cc4)cc3)cc2)cc1. The Hall–Kier alpha value is -7.26. The Labute approximate surface area is 352 Å². The molecule has 15 heteroatoms. The maximum atomic E-state index is 12.6. The molecule has 0 aliphatic carbocycles. The number of carbonyl (C=O) groups excluding carboxylic acids is 6. The van der Waals surface area contributed by atoms with Crippen molar-refractivity contribution in [2.75, 3.05) is 52.9 Å². The van der Waals surface area contributed by atoms with Gasteiger partial charge in [-0.25, -0.2) is 28.8 Å². The largest absolute Gasteiger partial charge is 0.494 e. The number of rotatable bonds is 26. The van der Waals surface area contributed by atoms with Crippen LogP contribution in [-0.2, 0) is 33.3 Å². The lowest BCUT2D eigenvalue weighted by molar-refractivity contribution is -0.138. The first-order valence-electron chi connectivity index (χ1n) is 19.3. The third-order valence-corrected chi connectivity index (χ3v) is 8.14. The van der Waals surface area contributed by atoms with Gasteiger partial charge in [0.15, 0.2) is 0 Å². The van der Waals surface area contributed by atoms with Crippen molar-refractivity contribution >= 4 is 35.8 Å². The maximum Gasteiger partial charge on any atom is 0.343 e. The van der Waals surface area contributed by atoms with Gasteiger partial charge in [-0.2, -0.15) is 0 Å². The number of hydrogen-bond donors (Lipinski definition) is 0. The van der Waals surface area contributed by atoms with E-state index in [2.05, 4.69) is 13.2 Å². The molecule has 0 N–H and O–H groups in total. The number of unbranched alkanes of at least 4 members (excludes halogenated alkanes) is 2. The second kappa shape index (κ2) is 26.0. The van der Waals surface area contributed by atoms with Gasteiger partial charge in [0.2, 0.25) is 0 Å². The summed E-state index contributed by atoms with van der Waals surface area (Å²) in [6.07, 6.45) is 4.85. The molecule has 4 aromatic rings. The van der Waals surface area contributed by atoms with Crippen LogP contribution < -0.4 is 18.9 Å². The second-order valence-corrected chi connectivity index (χ2v) is 12.6. The summed E-state index contributed by atoms with van der Waals surface area (Å²) in [5, 5.41) is 0. The molecule has 0 aliphatic heterocycles. The van der Waals surface area contributed by atoms with Gasteiger partial charge >= 0.3 is 35.8 Å². The molecule has 61 heavy (non-hydrogen) atoms. The van der Waals surface area contributed by atoms with E-state index in [1.807, 2.05) is 0 Å². The summed E-state index contributed by atoms with van der Waals surface area (Å²) in [5.74, 6) is -1.70. The van der Waals surface area contributed by atoms with Gasteiger partial charge in [-0.15, -0.1) is 0 Å². The van der Waals surface area contributed by atoms with E-state index in [1.165, 1.54) is 48.5 Å². The minimum atomic E-state index is -0.603. The molecule has 0 unspecified atom stereocenters. The first-order chi connectivity index (χ1) is 29.6. The zero-order valence-electron chi connectivity index (χ0n) is 33.4. The average molecular weight is 839 g/mol. The van der Waals surface area contributed by atoms with Gasteiger partial charge in [0.05, 0.1) is 61.9 Å². The van der Waals surface area contributed by atoms with E-state index in [1.54, 1.807) is 48.5 Å². The summed E-state index contributed by atoms with van der Waals surface area (Å²) in [4.78, 5) is 72.1. The van der Waals surface area contributed by atoms with Crippen molar-refractivity contribution in [3.05, 3.63) is 145 Å². The molecule has 0 aromatic heterocycles. The van der Waals surface area contributed by atoms with Crippen molar-refractivity contribution in [2.45, 2.75) is 25.7 Å². The Morgan fingerprint density at radius 2 is 0.672 bits per heavy atom. The van der Waals surface area contributed by atoms with Crippen LogP contribution in [0, 0.1) is 0 Å². The Morgan fingerprint density at radius 1 is 0.361 bits per heavy atom. The van der Waals surface area contributed by atoms with Gasteiger partial charge in [0.25, 0.3) is 0 Å². The van der Waals surface area contributed by atoms with E-state index in [0.29, 0.717) is 61.5 Å². The average Bonchev–Trinajstić information content (AvgIpc) is 3.28. The minimum absolute atomic E-state index is 0.0511. The standard InChI is InChI=1S/C46H46O15/c1-3-41(47)56-27-7-5-25-54-37-17-9-35(10-18-37)45(51)60-39-21-13-33(14-22-39)43(49)58-31-29-53-30-32-59-44(50)34-15-23-40(24-16-34)61-46(52)36-11-19-38(20-12-36)55-26-6-8-28-57-42(48)4-2/h3-4,9-24H,1-2,5-8,25-32H2. The highest BCUT2D eigenvalue weighted by Gasteiger charge is 2.14. The van der Waals surface area contributed by atoms with Crippen LogP contribution in [0.3, 0.4) is 0 Å². The van der Waals surface area contributed by atoms with Crippen molar-refractivity contribution in [1.29, 1.82) is 0 Å². The van der Waals surface area contributed by atoms with Gasteiger partial charge in [-0.1, -0.05) is 13.2 Å². The maximum absolute atomic E-state index is 12.6. The lowest BCUT2D eigenvalue weighted by Gasteiger charge is -2.09. The summed E-state index contributed by atoms with van der Waals surface area (Å²) >= 11 is 0. The Balaban J connectivity index is 1.04. The van der Waals surface area contributed by atoms with Crippen molar-refractivity contribution in [3.63, 3.8) is 0 Å². The lowest BCUT2D eigenvalue weighted by Crippen LogP contribution is -2.15. The third kappa shape index (κ3) is 17.2. The highest BCUT2D eigenvalue weighted by atomic mass is 16.6. The molecule has 0 heterocycles. The molecule has 0 saturated heterocycles. The van der Waals surface area contributed by atoms with Gasteiger partial charge < -0.3 is 42.6 Å². The van der Waals surface area contributed by atoms with Crippen LogP contribution in [0.5, 0.6) is 23.0 Å². The van der Waals surface area contributed by atoms with Crippen LogP contribution in [0.4, 0.5) is 0 Å². The van der Waals surface area contributed by atoms with Crippen LogP contribution in [0.15, 0.2) is 122 Å². The van der Waals surface area contributed by atoms with Crippen LogP contribution >= 0.6 is 0 Å². The zero-order chi connectivity index (χ0) is 43.7. The summed E-state index contributed by atoms with van der Waals surface area (Å²) in [7, 11) is 0. The first kappa shape index (κ1) is 46.4. The van der Waals surface area contributed by atoms with Crippen molar-refractivity contribution in [2.24, 2.45) is 0 Å². The number of carbonyl (C=O) groups is 6. The number of ether oxygens (including phenoxy) is 9. The number of esters is 6. The monoisotopic (exact) mass is 838 g/mol. The molecule has 320 valence electrons. The zero-order valence-corrected chi connectivity index (χ0v) is 33.4. The fourth-order valence-corrected chi connectivity index (χ4v) is 4.93. The lowest BCUT2D eigenvalue weighted by atomic mass is 10.2. The molecule has 0 amide bonds. The number of benzene rings is 4. The smallest absolute Gasteiger partial charge is 0.343 e. The van der Waals surface area contributed by atoms with E-state index in [4.69, 9.17) is 42.6 Å². The molecule has 0 bridgehead atoms. The first-order valence-corrected chi connectivity index (χ1v) is 19.3. The van der Waals surface area contributed by atoms with Crippen molar-refractivity contribution < 1.29 is 71.4 Å². The van der Waals surface area contributed by atoms with E-state index in [-0.39, 0.29) is 62.3 Å². The molecule has 0 atom stereocenters. The van der Waals surface area contributed by atoms with Crippen LogP contribution in [0.2, 0.25) is 0 Å². The van der Waals surface area contributed by atoms with Crippen molar-refractivity contribution in [1.82, 2.24) is 0 Å². The summed E-state index contributed by atoms with van der Waals surface area (Å²) in [6.45, 7) is 8.08. The molecular weight excluding hydrogens is 792 g/mol. The van der Waals surface area contributed by atoms with Crippen LogP contribution in [0.25, 0.3) is 0 Å². The molecule has 0 radical (unpaired) electrons. The molecule has 0 saturated carbocycles. The van der Waals surface area contributed by atoms with E-state index in [0.717, 1.165) is 12.2 Å². The third-order valence-electron chi connectivity index (χ3n) is 8.14.